The van der Waals surface area contributed by atoms with E-state index in [1.165, 1.54) is 25.4 Å². The van der Waals surface area contributed by atoms with E-state index in [0.29, 0.717) is 54.9 Å². The number of carbonyl (C=O) groups excluding carboxylic acids is 3. The van der Waals surface area contributed by atoms with Crippen LogP contribution in [-0.4, -0.2) is 108 Å². The molecule has 0 radical (unpaired) electrons. The lowest BCUT2D eigenvalue weighted by Crippen LogP contribution is -2.57. The van der Waals surface area contributed by atoms with Crippen molar-refractivity contribution in [1.29, 1.82) is 0 Å². The molecule has 2 aliphatic rings. The Kier molecular flexibility index (Phi) is 7.91. The highest BCUT2D eigenvalue weighted by atomic mass is 19.1. The Morgan fingerprint density at radius 3 is 2.35 bits per heavy atom. The summed E-state index contributed by atoms with van der Waals surface area (Å²) in [5.41, 5.74) is 2.24. The number of methoxy groups -OCH3 is 1. The van der Waals surface area contributed by atoms with Gasteiger partial charge in [-0.05, 0) is 44.7 Å². The molecule has 0 spiro atoms. The Hall–Kier alpha value is -3.76. The van der Waals surface area contributed by atoms with Crippen molar-refractivity contribution in [2.75, 3.05) is 53.4 Å². The molecule has 2 saturated heterocycles. The number of H-pyrrole nitrogens is 1. The minimum absolute atomic E-state index is 0.0746. The molecule has 10 heteroatoms. The number of ketones is 1. The number of nitrogens with one attached hydrogen (secondary N) is 1. The van der Waals surface area contributed by atoms with Crippen LogP contribution in [0.3, 0.4) is 0 Å². The third kappa shape index (κ3) is 5.46. The monoisotopic (exact) mass is 549 g/mol. The minimum atomic E-state index is -0.587. The molecule has 0 bridgehead atoms. The van der Waals surface area contributed by atoms with Gasteiger partial charge in [0.05, 0.1) is 18.2 Å². The van der Waals surface area contributed by atoms with Crippen LogP contribution in [-0.2, 0) is 11.3 Å². The number of fused-ring (bicyclic) bond motifs is 1. The number of carbonyl (C=O) groups is 3. The fourth-order valence-electron chi connectivity index (χ4n) is 5.62. The molecule has 3 aromatic rings. The average molecular weight is 550 g/mol. The molecular weight excluding hydrogens is 513 g/mol. The van der Waals surface area contributed by atoms with Crippen molar-refractivity contribution in [3.63, 3.8) is 0 Å². The molecule has 0 saturated carbocycles. The van der Waals surface area contributed by atoms with E-state index in [1.54, 1.807) is 29.2 Å². The van der Waals surface area contributed by atoms with Crippen LogP contribution in [0.2, 0.25) is 0 Å². The summed E-state index contributed by atoms with van der Waals surface area (Å²) in [4.78, 5) is 51.1. The van der Waals surface area contributed by atoms with Gasteiger partial charge in [-0.1, -0.05) is 12.1 Å². The van der Waals surface area contributed by atoms with Gasteiger partial charge in [-0.2, -0.15) is 0 Å². The Labute approximate surface area is 233 Å². The zero-order valence-corrected chi connectivity index (χ0v) is 23.4. The van der Waals surface area contributed by atoms with Crippen LogP contribution >= 0.6 is 0 Å². The fourth-order valence-corrected chi connectivity index (χ4v) is 5.62. The summed E-state index contributed by atoms with van der Waals surface area (Å²) >= 11 is 0. The van der Waals surface area contributed by atoms with E-state index in [9.17, 15) is 18.8 Å². The molecular formula is C30H36FN5O4. The molecule has 2 aliphatic heterocycles. The van der Waals surface area contributed by atoms with Crippen molar-refractivity contribution in [3.8, 4) is 5.75 Å². The second-order valence-corrected chi connectivity index (χ2v) is 10.9. The van der Waals surface area contributed by atoms with Crippen molar-refractivity contribution >= 4 is 28.5 Å². The SMILES string of the molecule is COc1cc2[nH]cc(C(=O)C(=O)N3CCN(C)CC3)c2cc1C(=O)N1C[C@H](C)N(Cc2ccc(F)cc2)C[C@H]1C. The molecule has 0 aliphatic carbocycles. The molecule has 9 nitrogen and oxygen atoms in total. The van der Waals surface area contributed by atoms with Crippen LogP contribution in [0.25, 0.3) is 10.9 Å². The van der Waals surface area contributed by atoms with E-state index in [0.717, 1.165) is 18.7 Å². The molecule has 1 N–H and O–H groups in total. The van der Waals surface area contributed by atoms with Gasteiger partial charge in [-0.25, -0.2) is 4.39 Å². The van der Waals surface area contributed by atoms with E-state index in [2.05, 4.69) is 21.7 Å². The maximum Gasteiger partial charge on any atom is 0.295 e. The minimum Gasteiger partial charge on any atom is -0.496 e. The van der Waals surface area contributed by atoms with Crippen LogP contribution in [0.1, 0.15) is 40.1 Å². The van der Waals surface area contributed by atoms with Gasteiger partial charge in [0.25, 0.3) is 17.6 Å². The maximum absolute atomic E-state index is 13.9. The lowest BCUT2D eigenvalue weighted by Gasteiger charge is -2.44. The highest BCUT2D eigenvalue weighted by molar-refractivity contribution is 6.45. The normalized spacial score (nSPS) is 20.6. The summed E-state index contributed by atoms with van der Waals surface area (Å²) in [6.07, 6.45) is 1.54. The second-order valence-electron chi connectivity index (χ2n) is 10.9. The topological polar surface area (TPSA) is 89.2 Å². The number of Topliss-reactive ketones (excluding diaryl/α,β-unsaturated/α-hetero) is 1. The number of ether oxygens (including phenoxy) is 1. The highest BCUT2D eigenvalue weighted by Gasteiger charge is 2.34. The number of benzene rings is 2. The first-order valence-electron chi connectivity index (χ1n) is 13.7. The van der Waals surface area contributed by atoms with Gasteiger partial charge < -0.3 is 24.4 Å². The van der Waals surface area contributed by atoms with E-state index in [4.69, 9.17) is 4.74 Å². The molecule has 1 aromatic heterocycles. The number of nitrogens with zero attached hydrogens (tertiary/aromatic N) is 4. The maximum atomic E-state index is 13.9. The number of rotatable bonds is 6. The molecule has 40 heavy (non-hydrogen) atoms. The molecule has 2 fully saturated rings. The number of aromatic nitrogens is 1. The molecule has 2 amide bonds. The largest absolute Gasteiger partial charge is 0.496 e. The van der Waals surface area contributed by atoms with Gasteiger partial charge in [0.2, 0.25) is 0 Å². The second kappa shape index (κ2) is 11.4. The molecule has 212 valence electrons. The number of aromatic amines is 1. The van der Waals surface area contributed by atoms with Crippen molar-refractivity contribution < 1.29 is 23.5 Å². The molecule has 3 heterocycles. The van der Waals surface area contributed by atoms with Gasteiger partial charge >= 0.3 is 0 Å². The average Bonchev–Trinajstić information content (AvgIpc) is 3.37. The lowest BCUT2D eigenvalue weighted by atomic mass is 10.0. The summed E-state index contributed by atoms with van der Waals surface area (Å²) < 4.78 is 18.9. The van der Waals surface area contributed by atoms with Crippen LogP contribution < -0.4 is 4.74 Å². The van der Waals surface area contributed by atoms with Gasteiger partial charge in [0.1, 0.15) is 11.6 Å². The Bertz CT molecular complexity index is 1410. The molecule has 0 unspecified atom stereocenters. The first-order valence-corrected chi connectivity index (χ1v) is 13.7. The predicted molar refractivity (Wildman–Crippen MR) is 150 cm³/mol. The van der Waals surface area contributed by atoms with E-state index in [-0.39, 0.29) is 29.4 Å². The molecule has 2 atom stereocenters. The Morgan fingerprint density at radius 2 is 1.68 bits per heavy atom. The van der Waals surface area contributed by atoms with Crippen molar-refractivity contribution in [3.05, 3.63) is 65.1 Å². The van der Waals surface area contributed by atoms with Crippen molar-refractivity contribution in [1.82, 2.24) is 24.6 Å². The zero-order valence-electron chi connectivity index (χ0n) is 23.4. The van der Waals surface area contributed by atoms with E-state index in [1.807, 2.05) is 18.9 Å². The zero-order chi connectivity index (χ0) is 28.6. The molecule has 2 aromatic carbocycles. The van der Waals surface area contributed by atoms with E-state index >= 15 is 0 Å². The van der Waals surface area contributed by atoms with Gasteiger partial charge in [-0.15, -0.1) is 0 Å². The fraction of sp³-hybridized carbons (Fsp3) is 0.433. The first kappa shape index (κ1) is 27.8. The Morgan fingerprint density at radius 1 is 0.975 bits per heavy atom. The third-order valence-electron chi connectivity index (χ3n) is 8.14. The summed E-state index contributed by atoms with van der Waals surface area (Å²) in [5, 5.41) is 0.521. The number of hydrogen-bond acceptors (Lipinski definition) is 6. The number of halogens is 1. The first-order chi connectivity index (χ1) is 19.2. The van der Waals surface area contributed by atoms with Crippen LogP contribution in [0.15, 0.2) is 42.6 Å². The van der Waals surface area contributed by atoms with Crippen LogP contribution in [0, 0.1) is 5.82 Å². The van der Waals surface area contributed by atoms with Gasteiger partial charge in [0, 0.05) is 81.1 Å². The number of amides is 2. The quantitative estimate of drug-likeness (QED) is 0.376. The van der Waals surface area contributed by atoms with Crippen LogP contribution in [0.4, 0.5) is 4.39 Å². The summed E-state index contributed by atoms with van der Waals surface area (Å²) in [6, 6.07) is 9.86. The van der Waals surface area contributed by atoms with Crippen molar-refractivity contribution in [2.45, 2.75) is 32.5 Å². The van der Waals surface area contributed by atoms with Crippen LogP contribution in [0.5, 0.6) is 5.75 Å². The standard InChI is InChI=1S/C30H36FN5O4/c1-19-17-36(20(2)16-35(19)18-21-5-7-22(31)8-6-21)29(38)24-13-23-25(15-32-26(23)14-27(24)40-4)28(37)30(39)34-11-9-33(3)10-12-34/h5-8,13-15,19-20,32H,9-12,16-18H2,1-4H3/t19-,20+/m0/s1. The molecule has 5 rings (SSSR count). The third-order valence-corrected chi connectivity index (χ3v) is 8.14. The summed E-state index contributed by atoms with van der Waals surface area (Å²) in [5.74, 6) is -1.17. The Balaban J connectivity index is 1.37. The van der Waals surface area contributed by atoms with Gasteiger partial charge in [-0.3, -0.25) is 19.3 Å². The predicted octanol–water partition coefficient (Wildman–Crippen LogP) is 3.01. The smallest absolute Gasteiger partial charge is 0.295 e. The van der Waals surface area contributed by atoms with Gasteiger partial charge in [0.15, 0.2) is 0 Å². The van der Waals surface area contributed by atoms with Crippen molar-refractivity contribution in [2.24, 2.45) is 0 Å². The van der Waals surface area contributed by atoms with E-state index < -0.39 is 11.7 Å². The summed E-state index contributed by atoms with van der Waals surface area (Å²) in [6.45, 7) is 8.35. The highest BCUT2D eigenvalue weighted by Crippen LogP contribution is 2.31. The summed E-state index contributed by atoms with van der Waals surface area (Å²) in [7, 11) is 3.50. The number of likely N-dealkylation sites (N-methyl/N-ethyl adjacent to an activating group) is 1. The number of piperazine rings is 2. The number of hydrogen-bond donors (Lipinski definition) is 1. The lowest BCUT2D eigenvalue weighted by molar-refractivity contribution is -0.127.